The van der Waals surface area contributed by atoms with E-state index in [4.69, 9.17) is 5.84 Å². The molecule has 0 bridgehead atoms. The lowest BCUT2D eigenvalue weighted by Crippen LogP contribution is -2.28. The molecule has 1 atom stereocenters. The monoisotopic (exact) mass is 220 g/mol. The number of aryl methyl sites for hydroxylation is 1. The summed E-state index contributed by atoms with van der Waals surface area (Å²) in [6, 6.07) is 4.12. The van der Waals surface area contributed by atoms with Crippen molar-refractivity contribution in [3.63, 3.8) is 0 Å². The number of hydrogen-bond acceptors (Lipinski definition) is 5. The Bertz CT molecular complexity index is 426. The van der Waals surface area contributed by atoms with Crippen LogP contribution in [0, 0.1) is 6.92 Å². The number of aromatic nitrogens is 2. The highest BCUT2D eigenvalue weighted by molar-refractivity contribution is 7.12. The SMILES string of the molecule is Cc1ccc(C(NN)c2cncnc2)s1. The lowest BCUT2D eigenvalue weighted by molar-refractivity contribution is 0.641. The highest BCUT2D eigenvalue weighted by atomic mass is 32.1. The highest BCUT2D eigenvalue weighted by Crippen LogP contribution is 2.26. The molecular weight excluding hydrogens is 208 g/mol. The predicted molar refractivity (Wildman–Crippen MR) is 60.3 cm³/mol. The molecule has 0 fully saturated rings. The van der Waals surface area contributed by atoms with E-state index in [1.54, 1.807) is 23.7 Å². The molecule has 0 aliphatic heterocycles. The van der Waals surface area contributed by atoms with Gasteiger partial charge in [0.05, 0.1) is 6.04 Å². The molecule has 78 valence electrons. The third-order valence-corrected chi connectivity index (χ3v) is 3.19. The van der Waals surface area contributed by atoms with Crippen molar-refractivity contribution in [3.8, 4) is 0 Å². The average molecular weight is 220 g/mol. The van der Waals surface area contributed by atoms with Gasteiger partial charge in [-0.2, -0.15) is 0 Å². The molecule has 2 rings (SSSR count). The Hall–Kier alpha value is -1.30. The van der Waals surface area contributed by atoms with E-state index in [-0.39, 0.29) is 6.04 Å². The fraction of sp³-hybridized carbons (Fsp3) is 0.200. The minimum Gasteiger partial charge on any atom is -0.271 e. The van der Waals surface area contributed by atoms with Gasteiger partial charge in [0.2, 0.25) is 0 Å². The second-order valence-electron chi connectivity index (χ2n) is 3.22. The Kier molecular flexibility index (Phi) is 3.05. The van der Waals surface area contributed by atoms with Gasteiger partial charge < -0.3 is 0 Å². The molecule has 4 nitrogen and oxygen atoms in total. The molecule has 1 unspecified atom stereocenters. The van der Waals surface area contributed by atoms with E-state index in [9.17, 15) is 0 Å². The van der Waals surface area contributed by atoms with Crippen LogP contribution in [0.3, 0.4) is 0 Å². The van der Waals surface area contributed by atoms with Crippen molar-refractivity contribution < 1.29 is 0 Å². The first kappa shape index (κ1) is 10.2. The minimum atomic E-state index is -0.0232. The van der Waals surface area contributed by atoms with Crippen molar-refractivity contribution in [2.45, 2.75) is 13.0 Å². The van der Waals surface area contributed by atoms with E-state index in [0.29, 0.717) is 0 Å². The summed E-state index contributed by atoms with van der Waals surface area (Å²) in [5, 5.41) is 0. The van der Waals surface area contributed by atoms with Gasteiger partial charge in [0, 0.05) is 27.7 Å². The van der Waals surface area contributed by atoms with Gasteiger partial charge in [-0.05, 0) is 19.1 Å². The van der Waals surface area contributed by atoms with Crippen LogP contribution in [0.4, 0.5) is 0 Å². The molecule has 15 heavy (non-hydrogen) atoms. The molecule has 0 saturated carbocycles. The van der Waals surface area contributed by atoms with E-state index in [1.165, 1.54) is 16.1 Å². The van der Waals surface area contributed by atoms with Gasteiger partial charge in [0.1, 0.15) is 6.33 Å². The summed E-state index contributed by atoms with van der Waals surface area (Å²) in [5.74, 6) is 5.55. The van der Waals surface area contributed by atoms with Crippen LogP contribution in [0.2, 0.25) is 0 Å². The van der Waals surface area contributed by atoms with Crippen LogP contribution in [0.25, 0.3) is 0 Å². The zero-order chi connectivity index (χ0) is 10.7. The summed E-state index contributed by atoms with van der Waals surface area (Å²) >= 11 is 1.72. The molecule has 2 aromatic rings. The topological polar surface area (TPSA) is 63.8 Å². The van der Waals surface area contributed by atoms with E-state index in [0.717, 1.165) is 5.56 Å². The third-order valence-electron chi connectivity index (χ3n) is 2.13. The highest BCUT2D eigenvalue weighted by Gasteiger charge is 2.14. The molecule has 0 amide bonds. The number of hydrazine groups is 1. The Morgan fingerprint density at radius 3 is 2.60 bits per heavy atom. The van der Waals surface area contributed by atoms with Crippen molar-refractivity contribution in [3.05, 3.63) is 46.2 Å². The fourth-order valence-electron chi connectivity index (χ4n) is 1.41. The number of rotatable bonds is 3. The van der Waals surface area contributed by atoms with Gasteiger partial charge >= 0.3 is 0 Å². The van der Waals surface area contributed by atoms with E-state index < -0.39 is 0 Å². The Labute approximate surface area is 92.2 Å². The zero-order valence-corrected chi connectivity index (χ0v) is 9.16. The van der Waals surface area contributed by atoms with Crippen LogP contribution in [0.15, 0.2) is 30.9 Å². The Balaban J connectivity index is 2.33. The van der Waals surface area contributed by atoms with Crippen LogP contribution in [-0.4, -0.2) is 9.97 Å². The molecule has 3 N–H and O–H groups in total. The molecule has 2 aromatic heterocycles. The summed E-state index contributed by atoms with van der Waals surface area (Å²) in [5.41, 5.74) is 3.75. The summed E-state index contributed by atoms with van der Waals surface area (Å²) in [6.45, 7) is 2.07. The summed E-state index contributed by atoms with van der Waals surface area (Å²) in [6.07, 6.45) is 5.05. The summed E-state index contributed by atoms with van der Waals surface area (Å²) in [4.78, 5) is 10.4. The molecule has 0 radical (unpaired) electrons. The quantitative estimate of drug-likeness (QED) is 0.606. The van der Waals surface area contributed by atoms with Gasteiger partial charge in [0.25, 0.3) is 0 Å². The normalized spacial score (nSPS) is 12.7. The third kappa shape index (κ3) is 2.20. The predicted octanol–water partition coefficient (Wildman–Crippen LogP) is 1.40. The van der Waals surface area contributed by atoms with Crippen LogP contribution >= 0.6 is 11.3 Å². The van der Waals surface area contributed by atoms with Gasteiger partial charge in [0.15, 0.2) is 0 Å². The first-order chi connectivity index (χ1) is 7.31. The standard InChI is InChI=1S/C10H12N4S/c1-7-2-3-9(15-7)10(14-11)8-4-12-6-13-5-8/h2-6,10,14H,11H2,1H3. The zero-order valence-electron chi connectivity index (χ0n) is 8.34. The number of nitrogens with one attached hydrogen (secondary N) is 1. The van der Waals surface area contributed by atoms with Crippen molar-refractivity contribution in [2.24, 2.45) is 5.84 Å². The minimum absolute atomic E-state index is 0.0232. The maximum Gasteiger partial charge on any atom is 0.115 e. The number of hydrogen-bond donors (Lipinski definition) is 2. The van der Waals surface area contributed by atoms with Crippen LogP contribution in [0.1, 0.15) is 21.4 Å². The van der Waals surface area contributed by atoms with E-state index in [2.05, 4.69) is 34.5 Å². The first-order valence-corrected chi connectivity index (χ1v) is 5.40. The van der Waals surface area contributed by atoms with Crippen molar-refractivity contribution in [1.82, 2.24) is 15.4 Å². The maximum atomic E-state index is 5.55. The molecule has 0 spiro atoms. The van der Waals surface area contributed by atoms with Gasteiger partial charge in [-0.3, -0.25) is 5.84 Å². The molecule has 5 heteroatoms. The number of thiophene rings is 1. The van der Waals surface area contributed by atoms with Gasteiger partial charge in [-0.15, -0.1) is 11.3 Å². The van der Waals surface area contributed by atoms with Crippen LogP contribution in [0.5, 0.6) is 0 Å². The maximum absolute atomic E-state index is 5.55. The molecule has 0 saturated heterocycles. The lowest BCUT2D eigenvalue weighted by atomic mass is 10.1. The van der Waals surface area contributed by atoms with Crippen molar-refractivity contribution in [2.75, 3.05) is 0 Å². The van der Waals surface area contributed by atoms with Gasteiger partial charge in [-0.25, -0.2) is 15.4 Å². The fourth-order valence-corrected chi connectivity index (χ4v) is 2.38. The van der Waals surface area contributed by atoms with Crippen LogP contribution in [-0.2, 0) is 0 Å². The Morgan fingerprint density at radius 1 is 1.33 bits per heavy atom. The van der Waals surface area contributed by atoms with Crippen molar-refractivity contribution >= 4 is 11.3 Å². The van der Waals surface area contributed by atoms with E-state index >= 15 is 0 Å². The molecule has 0 aliphatic rings. The van der Waals surface area contributed by atoms with Crippen LogP contribution < -0.4 is 11.3 Å². The second-order valence-corrected chi connectivity index (χ2v) is 4.54. The number of nitrogens with two attached hydrogens (primary N) is 1. The average Bonchev–Trinajstić information content (AvgIpc) is 2.68. The second kappa shape index (κ2) is 4.48. The lowest BCUT2D eigenvalue weighted by Gasteiger charge is -2.13. The Morgan fingerprint density at radius 2 is 2.07 bits per heavy atom. The summed E-state index contributed by atoms with van der Waals surface area (Å²) < 4.78 is 0. The molecular formula is C10H12N4S. The molecule has 0 aliphatic carbocycles. The van der Waals surface area contributed by atoms with Gasteiger partial charge in [-0.1, -0.05) is 0 Å². The summed E-state index contributed by atoms with van der Waals surface area (Å²) in [7, 11) is 0. The first-order valence-electron chi connectivity index (χ1n) is 4.58. The van der Waals surface area contributed by atoms with E-state index in [1.807, 2.05) is 0 Å². The molecule has 2 heterocycles. The molecule has 0 aromatic carbocycles. The smallest absolute Gasteiger partial charge is 0.115 e. The largest absolute Gasteiger partial charge is 0.271 e. The number of nitrogens with zero attached hydrogens (tertiary/aromatic N) is 2. The van der Waals surface area contributed by atoms with Crippen molar-refractivity contribution in [1.29, 1.82) is 0 Å².